The highest BCUT2D eigenvalue weighted by molar-refractivity contribution is 5.76. The SMILES string of the molecule is CCCCCCCC(=O)NC1(O)CCCCC1(O)O. The lowest BCUT2D eigenvalue weighted by atomic mass is 9.85. The normalized spacial score (nSPS) is 26.1. The largest absolute Gasteiger partial charge is 0.366 e. The second kappa shape index (κ2) is 7.22. The van der Waals surface area contributed by atoms with Gasteiger partial charge in [0.2, 0.25) is 11.7 Å². The number of rotatable bonds is 7. The summed E-state index contributed by atoms with van der Waals surface area (Å²) >= 11 is 0. The van der Waals surface area contributed by atoms with Crippen molar-refractivity contribution in [2.24, 2.45) is 0 Å². The molecule has 19 heavy (non-hydrogen) atoms. The Morgan fingerprint density at radius 1 is 1.05 bits per heavy atom. The standard InChI is InChI=1S/C14H27NO4/c1-2-3-4-5-6-9-12(16)15-13(17)10-7-8-11-14(13,18)19/h17-19H,2-11H2,1H3,(H,15,16). The molecule has 0 aliphatic heterocycles. The molecule has 0 aromatic rings. The molecule has 0 saturated heterocycles. The minimum Gasteiger partial charge on any atom is -0.366 e. The monoisotopic (exact) mass is 273 g/mol. The molecule has 1 aliphatic rings. The van der Waals surface area contributed by atoms with Crippen LogP contribution in [0.3, 0.4) is 0 Å². The van der Waals surface area contributed by atoms with Gasteiger partial charge in [-0.2, -0.15) is 0 Å². The van der Waals surface area contributed by atoms with Crippen molar-refractivity contribution >= 4 is 5.91 Å². The van der Waals surface area contributed by atoms with Crippen molar-refractivity contribution in [2.45, 2.75) is 82.6 Å². The summed E-state index contributed by atoms with van der Waals surface area (Å²) in [7, 11) is 0. The zero-order valence-corrected chi connectivity index (χ0v) is 11.8. The molecule has 1 atom stereocenters. The van der Waals surface area contributed by atoms with Crippen molar-refractivity contribution in [3.8, 4) is 0 Å². The Balaban J connectivity index is 2.34. The van der Waals surface area contributed by atoms with Crippen LogP contribution in [0.25, 0.3) is 0 Å². The van der Waals surface area contributed by atoms with E-state index in [2.05, 4.69) is 12.2 Å². The van der Waals surface area contributed by atoms with Crippen LogP contribution >= 0.6 is 0 Å². The lowest BCUT2D eigenvalue weighted by Crippen LogP contribution is -2.66. The number of unbranched alkanes of at least 4 members (excludes halogenated alkanes) is 4. The summed E-state index contributed by atoms with van der Waals surface area (Å²) in [6.45, 7) is 2.13. The Morgan fingerprint density at radius 2 is 1.68 bits per heavy atom. The van der Waals surface area contributed by atoms with Crippen LogP contribution in [-0.4, -0.2) is 32.7 Å². The van der Waals surface area contributed by atoms with E-state index >= 15 is 0 Å². The van der Waals surface area contributed by atoms with Gasteiger partial charge in [-0.25, -0.2) is 0 Å². The van der Waals surface area contributed by atoms with E-state index in [9.17, 15) is 20.1 Å². The number of carbonyl (C=O) groups is 1. The molecule has 0 aromatic heterocycles. The van der Waals surface area contributed by atoms with Crippen molar-refractivity contribution < 1.29 is 20.1 Å². The topological polar surface area (TPSA) is 89.8 Å². The summed E-state index contributed by atoms with van der Waals surface area (Å²) in [5, 5.41) is 32.1. The average Bonchev–Trinajstić information content (AvgIpc) is 2.33. The van der Waals surface area contributed by atoms with Gasteiger partial charge >= 0.3 is 0 Å². The highest BCUT2D eigenvalue weighted by atomic mass is 16.5. The first kappa shape index (κ1) is 16.4. The minimum atomic E-state index is -2.22. The quantitative estimate of drug-likeness (QED) is 0.417. The number of hydrogen-bond acceptors (Lipinski definition) is 4. The second-order valence-corrected chi connectivity index (χ2v) is 5.60. The lowest BCUT2D eigenvalue weighted by Gasteiger charge is -2.43. The van der Waals surface area contributed by atoms with Crippen molar-refractivity contribution in [3.05, 3.63) is 0 Å². The smallest absolute Gasteiger partial charge is 0.222 e. The first-order chi connectivity index (χ1) is 8.91. The van der Waals surface area contributed by atoms with Crippen LogP contribution in [0.15, 0.2) is 0 Å². The third-order valence-electron chi connectivity index (χ3n) is 3.83. The highest BCUT2D eigenvalue weighted by Gasteiger charge is 2.50. The highest BCUT2D eigenvalue weighted by Crippen LogP contribution is 2.33. The number of aliphatic hydroxyl groups is 3. The van der Waals surface area contributed by atoms with Crippen LogP contribution in [0.5, 0.6) is 0 Å². The molecule has 1 saturated carbocycles. The van der Waals surface area contributed by atoms with E-state index in [1.165, 1.54) is 6.42 Å². The van der Waals surface area contributed by atoms with E-state index in [-0.39, 0.29) is 18.7 Å². The van der Waals surface area contributed by atoms with Gasteiger partial charge in [-0.05, 0) is 19.3 Å². The molecule has 0 aromatic carbocycles. The van der Waals surface area contributed by atoms with Crippen LogP contribution in [0.2, 0.25) is 0 Å². The van der Waals surface area contributed by atoms with Crippen LogP contribution < -0.4 is 5.32 Å². The molecular formula is C14H27NO4. The van der Waals surface area contributed by atoms with Gasteiger partial charge < -0.3 is 20.6 Å². The molecule has 1 fully saturated rings. The first-order valence-corrected chi connectivity index (χ1v) is 7.39. The number of amides is 1. The van der Waals surface area contributed by atoms with Gasteiger partial charge in [0.25, 0.3) is 0 Å². The first-order valence-electron chi connectivity index (χ1n) is 7.39. The fourth-order valence-corrected chi connectivity index (χ4v) is 2.50. The second-order valence-electron chi connectivity index (χ2n) is 5.60. The summed E-state index contributed by atoms with van der Waals surface area (Å²) < 4.78 is 0. The maximum atomic E-state index is 11.7. The van der Waals surface area contributed by atoms with Gasteiger partial charge in [-0.1, -0.05) is 32.6 Å². The van der Waals surface area contributed by atoms with Crippen molar-refractivity contribution in [1.29, 1.82) is 0 Å². The molecule has 0 spiro atoms. The van der Waals surface area contributed by atoms with Crippen LogP contribution in [0, 0.1) is 0 Å². The molecule has 1 rings (SSSR count). The lowest BCUT2D eigenvalue weighted by molar-refractivity contribution is -0.300. The van der Waals surface area contributed by atoms with E-state index in [1.54, 1.807) is 0 Å². The third-order valence-corrected chi connectivity index (χ3v) is 3.83. The van der Waals surface area contributed by atoms with E-state index in [0.717, 1.165) is 25.7 Å². The molecule has 0 heterocycles. The molecule has 5 nitrogen and oxygen atoms in total. The maximum absolute atomic E-state index is 11.7. The zero-order chi connectivity index (χ0) is 14.4. The Bertz CT molecular complexity index is 293. The number of hydrogen-bond donors (Lipinski definition) is 4. The maximum Gasteiger partial charge on any atom is 0.222 e. The van der Waals surface area contributed by atoms with Crippen molar-refractivity contribution in [3.63, 3.8) is 0 Å². The minimum absolute atomic E-state index is 0.0836. The summed E-state index contributed by atoms with van der Waals surface area (Å²) in [4.78, 5) is 11.7. The van der Waals surface area contributed by atoms with Gasteiger partial charge in [-0.3, -0.25) is 4.79 Å². The van der Waals surface area contributed by atoms with Crippen LogP contribution in [0.4, 0.5) is 0 Å². The molecule has 1 aliphatic carbocycles. The fourth-order valence-electron chi connectivity index (χ4n) is 2.50. The molecule has 0 bridgehead atoms. The van der Waals surface area contributed by atoms with E-state index in [1.807, 2.05) is 0 Å². The summed E-state index contributed by atoms with van der Waals surface area (Å²) in [6, 6.07) is 0. The van der Waals surface area contributed by atoms with E-state index in [4.69, 9.17) is 0 Å². The van der Waals surface area contributed by atoms with Gasteiger partial charge in [0.15, 0.2) is 5.72 Å². The molecule has 1 amide bonds. The molecule has 112 valence electrons. The van der Waals surface area contributed by atoms with Gasteiger partial charge in [0, 0.05) is 19.3 Å². The molecule has 5 heteroatoms. The Kier molecular flexibility index (Phi) is 6.23. The fraction of sp³-hybridized carbons (Fsp3) is 0.929. The van der Waals surface area contributed by atoms with Gasteiger partial charge in [0.1, 0.15) is 0 Å². The van der Waals surface area contributed by atoms with Crippen LogP contribution in [-0.2, 0) is 4.79 Å². The zero-order valence-electron chi connectivity index (χ0n) is 11.8. The van der Waals surface area contributed by atoms with E-state index in [0.29, 0.717) is 19.3 Å². The summed E-state index contributed by atoms with van der Waals surface area (Å²) in [6.07, 6.45) is 7.10. The summed E-state index contributed by atoms with van der Waals surface area (Å²) in [5.41, 5.74) is -1.90. The Labute approximate surface area is 115 Å². The predicted molar refractivity (Wildman–Crippen MR) is 72.1 cm³/mol. The molecule has 4 N–H and O–H groups in total. The number of carbonyl (C=O) groups excluding carboxylic acids is 1. The molecule has 1 unspecified atom stereocenters. The van der Waals surface area contributed by atoms with Crippen LogP contribution in [0.1, 0.15) is 71.1 Å². The predicted octanol–water partition coefficient (Wildman–Crippen LogP) is 1.41. The van der Waals surface area contributed by atoms with Gasteiger partial charge in [-0.15, -0.1) is 0 Å². The molecule has 0 radical (unpaired) electrons. The summed E-state index contributed by atoms with van der Waals surface area (Å²) in [5.74, 6) is -2.53. The van der Waals surface area contributed by atoms with Crippen molar-refractivity contribution in [1.82, 2.24) is 5.32 Å². The average molecular weight is 273 g/mol. The molecular weight excluding hydrogens is 246 g/mol. The van der Waals surface area contributed by atoms with E-state index < -0.39 is 11.5 Å². The number of nitrogens with one attached hydrogen (secondary N) is 1. The van der Waals surface area contributed by atoms with Crippen molar-refractivity contribution in [2.75, 3.05) is 0 Å². The Morgan fingerprint density at radius 3 is 2.32 bits per heavy atom. The van der Waals surface area contributed by atoms with Gasteiger partial charge in [0.05, 0.1) is 0 Å². The Hall–Kier alpha value is -0.650. The third kappa shape index (κ3) is 4.75.